The molecule has 1 fully saturated rings. The van der Waals surface area contributed by atoms with Gasteiger partial charge in [0, 0.05) is 6.54 Å². The van der Waals surface area contributed by atoms with Gasteiger partial charge in [0.2, 0.25) is 0 Å². The smallest absolute Gasteiger partial charge is 0.260 e. The molecule has 17 heavy (non-hydrogen) atoms. The van der Waals surface area contributed by atoms with Gasteiger partial charge in [-0.3, -0.25) is 4.79 Å². The van der Waals surface area contributed by atoms with E-state index in [0.717, 1.165) is 19.4 Å². The van der Waals surface area contributed by atoms with Gasteiger partial charge in [-0.1, -0.05) is 18.2 Å². The number of ether oxygens (including phenoxy) is 1. The summed E-state index contributed by atoms with van der Waals surface area (Å²) in [6, 6.07) is 9.25. The Kier molecular flexibility index (Phi) is 3.98. The molecule has 1 amide bonds. The fourth-order valence-corrected chi connectivity index (χ4v) is 2.10. The summed E-state index contributed by atoms with van der Waals surface area (Å²) in [5.74, 6) is 0.644. The average molecular weight is 235 g/mol. The Balaban J connectivity index is 1.85. The third kappa shape index (κ3) is 2.97. The molecule has 4 nitrogen and oxygen atoms in total. The standard InChI is InChI=1S/C13H17NO3/c15-9-11-5-4-8-14(11)13(16)10-17-12-6-2-1-3-7-12/h1-3,6-7,11,15H,4-5,8-10H2/t11-/m0/s1. The number of hydrogen-bond donors (Lipinski definition) is 1. The molecule has 1 aromatic rings. The Morgan fingerprint density at radius 3 is 2.88 bits per heavy atom. The number of rotatable bonds is 4. The lowest BCUT2D eigenvalue weighted by atomic mass is 10.2. The van der Waals surface area contributed by atoms with Gasteiger partial charge in [0.25, 0.3) is 5.91 Å². The zero-order chi connectivity index (χ0) is 12.1. The van der Waals surface area contributed by atoms with Crippen LogP contribution in [-0.4, -0.2) is 41.7 Å². The lowest BCUT2D eigenvalue weighted by Crippen LogP contribution is -2.40. The average Bonchev–Trinajstić information content (AvgIpc) is 2.85. The molecule has 0 radical (unpaired) electrons. The van der Waals surface area contributed by atoms with Crippen LogP contribution >= 0.6 is 0 Å². The van der Waals surface area contributed by atoms with Gasteiger partial charge in [-0.15, -0.1) is 0 Å². The SMILES string of the molecule is O=C(COc1ccccc1)N1CCC[C@H]1CO. The van der Waals surface area contributed by atoms with Gasteiger partial charge in [0.05, 0.1) is 12.6 Å². The molecule has 0 unspecified atom stereocenters. The summed E-state index contributed by atoms with van der Waals surface area (Å²) >= 11 is 0. The van der Waals surface area contributed by atoms with E-state index in [-0.39, 0.29) is 25.2 Å². The number of aliphatic hydroxyl groups excluding tert-OH is 1. The zero-order valence-electron chi connectivity index (χ0n) is 9.71. The van der Waals surface area contributed by atoms with Gasteiger partial charge in [-0.05, 0) is 25.0 Å². The van der Waals surface area contributed by atoms with Crippen molar-refractivity contribution in [3.63, 3.8) is 0 Å². The highest BCUT2D eigenvalue weighted by atomic mass is 16.5. The number of hydrogen-bond acceptors (Lipinski definition) is 3. The number of benzene rings is 1. The third-order valence-corrected chi connectivity index (χ3v) is 3.01. The minimum Gasteiger partial charge on any atom is -0.484 e. The quantitative estimate of drug-likeness (QED) is 0.848. The maximum atomic E-state index is 11.9. The molecule has 4 heteroatoms. The van der Waals surface area contributed by atoms with Gasteiger partial charge in [0.1, 0.15) is 5.75 Å². The normalized spacial score (nSPS) is 19.4. The first kappa shape index (κ1) is 11.9. The zero-order valence-corrected chi connectivity index (χ0v) is 9.71. The molecule has 0 aliphatic carbocycles. The van der Waals surface area contributed by atoms with E-state index < -0.39 is 0 Å². The highest BCUT2D eigenvalue weighted by Crippen LogP contribution is 2.17. The van der Waals surface area contributed by atoms with Crippen molar-refractivity contribution in [2.75, 3.05) is 19.8 Å². The van der Waals surface area contributed by atoms with Crippen molar-refractivity contribution in [2.45, 2.75) is 18.9 Å². The van der Waals surface area contributed by atoms with Crippen molar-refractivity contribution in [3.05, 3.63) is 30.3 Å². The largest absolute Gasteiger partial charge is 0.484 e. The number of carbonyl (C=O) groups is 1. The van der Waals surface area contributed by atoms with Crippen LogP contribution in [0, 0.1) is 0 Å². The monoisotopic (exact) mass is 235 g/mol. The Morgan fingerprint density at radius 2 is 2.18 bits per heavy atom. The third-order valence-electron chi connectivity index (χ3n) is 3.01. The summed E-state index contributed by atoms with van der Waals surface area (Å²) in [6.45, 7) is 0.805. The van der Waals surface area contributed by atoms with E-state index in [2.05, 4.69) is 0 Å². The minimum absolute atomic E-state index is 0.0260. The predicted molar refractivity (Wildman–Crippen MR) is 63.8 cm³/mol. The van der Waals surface area contributed by atoms with Crippen LogP contribution in [0.4, 0.5) is 0 Å². The predicted octanol–water partition coefficient (Wildman–Crippen LogP) is 1.05. The molecular weight excluding hydrogens is 218 g/mol. The van der Waals surface area contributed by atoms with Crippen LogP contribution in [0.25, 0.3) is 0 Å². The van der Waals surface area contributed by atoms with Gasteiger partial charge >= 0.3 is 0 Å². The van der Waals surface area contributed by atoms with Crippen molar-refractivity contribution >= 4 is 5.91 Å². The maximum Gasteiger partial charge on any atom is 0.260 e. The summed E-state index contributed by atoms with van der Waals surface area (Å²) in [5.41, 5.74) is 0. The summed E-state index contributed by atoms with van der Waals surface area (Å²) in [5, 5.41) is 9.14. The highest BCUT2D eigenvalue weighted by Gasteiger charge is 2.27. The molecule has 0 bridgehead atoms. The second-order valence-corrected chi connectivity index (χ2v) is 4.17. The number of amides is 1. The molecule has 2 rings (SSSR count). The van der Waals surface area contributed by atoms with Gasteiger partial charge in [-0.2, -0.15) is 0 Å². The van der Waals surface area contributed by atoms with Gasteiger partial charge in [-0.25, -0.2) is 0 Å². The number of para-hydroxylation sites is 1. The highest BCUT2D eigenvalue weighted by molar-refractivity contribution is 5.78. The first-order valence-electron chi connectivity index (χ1n) is 5.89. The number of carbonyl (C=O) groups excluding carboxylic acids is 1. The topological polar surface area (TPSA) is 49.8 Å². The molecule has 0 aromatic heterocycles. The molecule has 1 saturated heterocycles. The number of nitrogens with zero attached hydrogens (tertiary/aromatic N) is 1. The van der Waals surface area contributed by atoms with Crippen molar-refractivity contribution < 1.29 is 14.6 Å². The van der Waals surface area contributed by atoms with E-state index in [0.29, 0.717) is 5.75 Å². The van der Waals surface area contributed by atoms with Crippen LogP contribution < -0.4 is 4.74 Å². The Labute approximate surface area is 101 Å². The molecule has 1 aliphatic rings. The lowest BCUT2D eigenvalue weighted by molar-refractivity contribution is -0.134. The maximum absolute atomic E-state index is 11.9. The van der Waals surface area contributed by atoms with Crippen LogP contribution in [0.3, 0.4) is 0 Å². The van der Waals surface area contributed by atoms with Gasteiger partial charge in [0.15, 0.2) is 6.61 Å². The molecule has 1 aliphatic heterocycles. The fraction of sp³-hybridized carbons (Fsp3) is 0.462. The van der Waals surface area contributed by atoms with Crippen molar-refractivity contribution in [1.82, 2.24) is 4.90 Å². The molecule has 1 N–H and O–H groups in total. The second kappa shape index (κ2) is 5.68. The van der Waals surface area contributed by atoms with E-state index in [1.165, 1.54) is 0 Å². The van der Waals surface area contributed by atoms with Crippen LogP contribution in [0.2, 0.25) is 0 Å². The summed E-state index contributed by atoms with van der Waals surface area (Å²) in [6.07, 6.45) is 1.84. The fourth-order valence-electron chi connectivity index (χ4n) is 2.10. The number of likely N-dealkylation sites (tertiary alicyclic amines) is 1. The van der Waals surface area contributed by atoms with Crippen molar-refractivity contribution in [1.29, 1.82) is 0 Å². The second-order valence-electron chi connectivity index (χ2n) is 4.17. The van der Waals surface area contributed by atoms with E-state index in [1.807, 2.05) is 30.3 Å². The van der Waals surface area contributed by atoms with E-state index in [1.54, 1.807) is 4.90 Å². The van der Waals surface area contributed by atoms with Crippen LogP contribution in [0.5, 0.6) is 5.75 Å². The first-order chi connectivity index (χ1) is 8.31. The van der Waals surface area contributed by atoms with E-state index >= 15 is 0 Å². The first-order valence-corrected chi connectivity index (χ1v) is 5.89. The Hall–Kier alpha value is -1.55. The molecule has 1 heterocycles. The molecule has 1 atom stereocenters. The van der Waals surface area contributed by atoms with E-state index in [9.17, 15) is 4.79 Å². The molecule has 92 valence electrons. The summed E-state index contributed by atoms with van der Waals surface area (Å²) in [4.78, 5) is 13.6. The molecule has 0 saturated carbocycles. The molecule has 0 spiro atoms. The molecule has 1 aromatic carbocycles. The summed E-state index contributed by atoms with van der Waals surface area (Å²) < 4.78 is 5.40. The Bertz CT molecular complexity index is 366. The Morgan fingerprint density at radius 1 is 1.41 bits per heavy atom. The number of aliphatic hydroxyl groups is 1. The van der Waals surface area contributed by atoms with E-state index in [4.69, 9.17) is 9.84 Å². The minimum atomic E-state index is -0.0506. The van der Waals surface area contributed by atoms with Crippen LogP contribution in [-0.2, 0) is 4.79 Å². The van der Waals surface area contributed by atoms with Crippen molar-refractivity contribution in [2.24, 2.45) is 0 Å². The van der Waals surface area contributed by atoms with Gasteiger partial charge < -0.3 is 14.7 Å². The van der Waals surface area contributed by atoms with Crippen molar-refractivity contribution in [3.8, 4) is 5.75 Å². The molecular formula is C13H17NO3. The van der Waals surface area contributed by atoms with Crippen LogP contribution in [0.15, 0.2) is 30.3 Å². The summed E-state index contributed by atoms with van der Waals surface area (Å²) in [7, 11) is 0. The lowest BCUT2D eigenvalue weighted by Gasteiger charge is -2.22. The van der Waals surface area contributed by atoms with Crippen LogP contribution in [0.1, 0.15) is 12.8 Å².